The maximum Gasteiger partial charge on any atom is 0.412 e. The van der Waals surface area contributed by atoms with Crippen molar-refractivity contribution in [3.63, 3.8) is 0 Å². The first-order valence-corrected chi connectivity index (χ1v) is 6.64. The lowest BCUT2D eigenvalue weighted by molar-refractivity contribution is -0.174. The van der Waals surface area contributed by atoms with Crippen molar-refractivity contribution < 1.29 is 19.0 Å². The Hall–Kier alpha value is -1.30. The second-order valence-corrected chi connectivity index (χ2v) is 5.02. The summed E-state index contributed by atoms with van der Waals surface area (Å²) in [6.07, 6.45) is -1.67. The van der Waals surface area contributed by atoms with E-state index in [2.05, 4.69) is 5.32 Å². The molecule has 1 atom stereocenters. The Balaban J connectivity index is 2.64. The van der Waals surface area contributed by atoms with Crippen molar-refractivity contribution in [2.75, 3.05) is 19.5 Å². The molecule has 0 aliphatic heterocycles. The largest absolute Gasteiger partial charge is 0.440 e. The molecule has 5 nitrogen and oxygen atoms in total. The number of ether oxygens (including phenoxy) is 3. The van der Waals surface area contributed by atoms with E-state index < -0.39 is 18.5 Å². The first-order valence-electron chi connectivity index (χ1n) is 6.26. The maximum atomic E-state index is 11.9. The van der Waals surface area contributed by atoms with E-state index in [0.717, 1.165) is 0 Å². The highest BCUT2D eigenvalue weighted by molar-refractivity contribution is 6.30. The van der Waals surface area contributed by atoms with Crippen LogP contribution in [0.4, 0.5) is 10.5 Å². The van der Waals surface area contributed by atoms with Gasteiger partial charge in [0.15, 0.2) is 12.4 Å². The molecule has 1 amide bonds. The SMILES string of the molecule is COC(OC)C(OC(=O)Nc1ccc(Cl)cc1)C(C)C. The molecule has 112 valence electrons. The number of methoxy groups -OCH3 is 2. The molecule has 1 N–H and O–H groups in total. The van der Waals surface area contributed by atoms with Gasteiger partial charge in [-0.05, 0) is 30.2 Å². The summed E-state index contributed by atoms with van der Waals surface area (Å²) >= 11 is 5.78. The summed E-state index contributed by atoms with van der Waals surface area (Å²) in [5.74, 6) is 0.0517. The average molecular weight is 302 g/mol. The highest BCUT2D eigenvalue weighted by atomic mass is 35.5. The van der Waals surface area contributed by atoms with Crippen molar-refractivity contribution in [1.82, 2.24) is 0 Å². The minimum atomic E-state index is -0.606. The van der Waals surface area contributed by atoms with Crippen molar-refractivity contribution in [3.05, 3.63) is 29.3 Å². The van der Waals surface area contributed by atoms with E-state index in [1.165, 1.54) is 14.2 Å². The summed E-state index contributed by atoms with van der Waals surface area (Å²) in [5, 5.41) is 3.23. The molecule has 0 fully saturated rings. The minimum Gasteiger partial charge on any atom is -0.440 e. The molecule has 0 saturated heterocycles. The standard InChI is InChI=1S/C14H20ClNO4/c1-9(2)12(13(18-3)19-4)20-14(17)16-11-7-5-10(15)6-8-11/h5-9,12-13H,1-4H3,(H,16,17). The molecule has 0 aliphatic carbocycles. The van der Waals surface area contributed by atoms with E-state index in [9.17, 15) is 4.79 Å². The zero-order valence-corrected chi connectivity index (χ0v) is 12.8. The molecule has 0 aliphatic rings. The third kappa shape index (κ3) is 5.00. The fourth-order valence-corrected chi connectivity index (χ4v) is 1.80. The Labute approximate surface area is 124 Å². The van der Waals surface area contributed by atoms with E-state index in [1.54, 1.807) is 24.3 Å². The van der Waals surface area contributed by atoms with Crippen LogP contribution in [-0.4, -0.2) is 32.7 Å². The smallest absolute Gasteiger partial charge is 0.412 e. The number of nitrogens with one attached hydrogen (secondary N) is 1. The van der Waals surface area contributed by atoms with Crippen LogP contribution in [0, 0.1) is 5.92 Å². The van der Waals surface area contributed by atoms with Crippen LogP contribution in [0.25, 0.3) is 0 Å². The molecule has 6 heteroatoms. The Morgan fingerprint density at radius 2 is 1.70 bits per heavy atom. The normalized spacial score (nSPS) is 12.6. The lowest BCUT2D eigenvalue weighted by Crippen LogP contribution is -2.39. The van der Waals surface area contributed by atoms with Gasteiger partial charge in [-0.2, -0.15) is 0 Å². The monoisotopic (exact) mass is 301 g/mol. The van der Waals surface area contributed by atoms with Crippen molar-refractivity contribution >= 4 is 23.4 Å². The third-order valence-corrected chi connectivity index (χ3v) is 2.98. The molecule has 0 bridgehead atoms. The number of carbonyl (C=O) groups is 1. The van der Waals surface area contributed by atoms with Crippen molar-refractivity contribution in [3.8, 4) is 0 Å². The number of hydrogen-bond donors (Lipinski definition) is 1. The van der Waals surface area contributed by atoms with Crippen molar-refractivity contribution in [2.45, 2.75) is 26.2 Å². The summed E-state index contributed by atoms with van der Waals surface area (Å²) in [5.41, 5.74) is 0.605. The van der Waals surface area contributed by atoms with Crippen LogP contribution < -0.4 is 5.32 Å². The molecule has 1 aromatic rings. The molecule has 0 radical (unpaired) electrons. The van der Waals surface area contributed by atoms with Gasteiger partial charge in [0.25, 0.3) is 0 Å². The molecule has 0 spiro atoms. The molecule has 0 aromatic heterocycles. The van der Waals surface area contributed by atoms with Gasteiger partial charge in [0.05, 0.1) is 0 Å². The van der Waals surface area contributed by atoms with Crippen molar-refractivity contribution in [1.29, 1.82) is 0 Å². The van der Waals surface area contributed by atoms with Crippen LogP contribution in [0.15, 0.2) is 24.3 Å². The van der Waals surface area contributed by atoms with Crippen LogP contribution >= 0.6 is 11.6 Å². The lowest BCUT2D eigenvalue weighted by Gasteiger charge is -2.27. The molecule has 0 heterocycles. The molecule has 1 rings (SSSR count). The fourth-order valence-electron chi connectivity index (χ4n) is 1.67. The highest BCUT2D eigenvalue weighted by Gasteiger charge is 2.28. The van der Waals surface area contributed by atoms with Crippen LogP contribution in [0.5, 0.6) is 0 Å². The summed E-state index contributed by atoms with van der Waals surface area (Å²) in [7, 11) is 3.01. The van der Waals surface area contributed by atoms with Gasteiger partial charge >= 0.3 is 6.09 Å². The van der Waals surface area contributed by atoms with Gasteiger partial charge in [-0.3, -0.25) is 5.32 Å². The molecule has 1 unspecified atom stereocenters. The first-order chi connectivity index (χ1) is 9.47. The molecule has 1 aromatic carbocycles. The summed E-state index contributed by atoms with van der Waals surface area (Å²) in [6, 6.07) is 6.75. The molecular formula is C14H20ClNO4. The van der Waals surface area contributed by atoms with Crippen molar-refractivity contribution in [2.24, 2.45) is 5.92 Å². The Morgan fingerprint density at radius 1 is 1.15 bits per heavy atom. The predicted molar refractivity (Wildman–Crippen MR) is 78.0 cm³/mol. The first kappa shape index (κ1) is 16.8. The second kappa shape index (κ2) is 8.09. The number of carbonyl (C=O) groups excluding carboxylic acids is 1. The summed E-state index contributed by atoms with van der Waals surface area (Å²) in [6.45, 7) is 3.84. The van der Waals surface area contributed by atoms with Gasteiger partial charge in [0.2, 0.25) is 0 Å². The molecule has 20 heavy (non-hydrogen) atoms. The van der Waals surface area contributed by atoms with Crippen LogP contribution in [0.1, 0.15) is 13.8 Å². The summed E-state index contributed by atoms with van der Waals surface area (Å²) in [4.78, 5) is 11.9. The third-order valence-electron chi connectivity index (χ3n) is 2.72. The van der Waals surface area contributed by atoms with Gasteiger partial charge in [-0.25, -0.2) is 4.79 Å². The fraction of sp³-hybridized carbons (Fsp3) is 0.500. The van der Waals surface area contributed by atoms with Gasteiger partial charge in [-0.15, -0.1) is 0 Å². The number of anilines is 1. The van der Waals surface area contributed by atoms with Crippen LogP contribution in [0.2, 0.25) is 5.02 Å². The quantitative estimate of drug-likeness (QED) is 0.817. The van der Waals surface area contributed by atoms with E-state index in [-0.39, 0.29) is 5.92 Å². The van der Waals surface area contributed by atoms with E-state index in [0.29, 0.717) is 10.7 Å². The van der Waals surface area contributed by atoms with E-state index in [4.69, 9.17) is 25.8 Å². The molecular weight excluding hydrogens is 282 g/mol. The van der Waals surface area contributed by atoms with E-state index >= 15 is 0 Å². The lowest BCUT2D eigenvalue weighted by atomic mass is 10.1. The summed E-state index contributed by atoms with van der Waals surface area (Å²) < 4.78 is 15.6. The van der Waals surface area contributed by atoms with Gasteiger partial charge in [0, 0.05) is 24.9 Å². The average Bonchev–Trinajstić information content (AvgIpc) is 2.41. The minimum absolute atomic E-state index is 0.0517. The Kier molecular flexibility index (Phi) is 6.78. The molecule has 0 saturated carbocycles. The van der Waals surface area contributed by atoms with Crippen LogP contribution in [-0.2, 0) is 14.2 Å². The number of hydrogen-bond acceptors (Lipinski definition) is 4. The second-order valence-electron chi connectivity index (χ2n) is 4.59. The predicted octanol–water partition coefficient (Wildman–Crippen LogP) is 3.53. The Morgan fingerprint density at radius 3 is 2.15 bits per heavy atom. The highest BCUT2D eigenvalue weighted by Crippen LogP contribution is 2.17. The van der Waals surface area contributed by atoms with E-state index in [1.807, 2.05) is 13.8 Å². The number of benzene rings is 1. The van der Waals surface area contributed by atoms with Gasteiger partial charge in [0.1, 0.15) is 0 Å². The Bertz CT molecular complexity index is 418. The van der Waals surface area contributed by atoms with Crippen LogP contribution in [0.3, 0.4) is 0 Å². The number of rotatable bonds is 6. The number of amides is 1. The topological polar surface area (TPSA) is 56.8 Å². The maximum absolute atomic E-state index is 11.9. The van der Waals surface area contributed by atoms with Gasteiger partial charge in [-0.1, -0.05) is 25.4 Å². The zero-order valence-electron chi connectivity index (χ0n) is 12.1. The number of halogens is 1. The van der Waals surface area contributed by atoms with Gasteiger partial charge < -0.3 is 14.2 Å². The zero-order chi connectivity index (χ0) is 15.1.